The molecule has 0 radical (unpaired) electrons. The molecule has 0 aromatic carbocycles. The summed E-state index contributed by atoms with van der Waals surface area (Å²) in [5, 5.41) is 8.95. The van der Waals surface area contributed by atoms with E-state index in [1.165, 1.54) is 9.56 Å². The minimum atomic E-state index is -4.32. The van der Waals surface area contributed by atoms with Crippen LogP contribution in [0.15, 0.2) is 29.9 Å². The Kier molecular flexibility index (Phi) is 4.26. The lowest BCUT2D eigenvalue weighted by Crippen LogP contribution is -2.23. The smallest absolute Gasteiger partial charge is 0.308 e. The second-order valence-corrected chi connectivity index (χ2v) is 5.16. The van der Waals surface area contributed by atoms with E-state index in [1.54, 1.807) is 11.3 Å². The second-order valence-electron chi connectivity index (χ2n) is 4.18. The molecule has 1 atom stereocenters. The van der Waals surface area contributed by atoms with Crippen LogP contribution in [0.5, 0.6) is 0 Å². The summed E-state index contributed by atoms with van der Waals surface area (Å²) in [4.78, 5) is 1.21. The Labute approximate surface area is 113 Å². The van der Waals surface area contributed by atoms with Crippen molar-refractivity contribution in [3.63, 3.8) is 0 Å². The summed E-state index contributed by atoms with van der Waals surface area (Å²) in [5.74, 6) is 0. The minimum absolute atomic E-state index is 0.192. The first kappa shape index (κ1) is 14.1. The van der Waals surface area contributed by atoms with E-state index in [-0.39, 0.29) is 6.04 Å². The average Bonchev–Trinajstić information content (AvgIpc) is 2.99. The van der Waals surface area contributed by atoms with Crippen molar-refractivity contribution in [1.29, 1.82) is 0 Å². The molecule has 0 aliphatic carbocycles. The molecule has 0 amide bonds. The third kappa shape index (κ3) is 3.81. The molecular formula is C12H14F3N3S. The van der Waals surface area contributed by atoms with Crippen molar-refractivity contribution in [2.24, 2.45) is 0 Å². The number of halogens is 3. The summed E-state index contributed by atoms with van der Waals surface area (Å²) in [6.07, 6.45) is -2.45. The van der Waals surface area contributed by atoms with Crippen molar-refractivity contribution in [1.82, 2.24) is 15.1 Å². The molecule has 0 fully saturated rings. The third-order valence-electron chi connectivity index (χ3n) is 2.72. The lowest BCUT2D eigenvalue weighted by molar-refractivity contribution is -0.137. The van der Waals surface area contributed by atoms with Crippen molar-refractivity contribution in [2.45, 2.75) is 25.7 Å². The summed E-state index contributed by atoms with van der Waals surface area (Å²) in [6, 6.07) is 4.19. The van der Waals surface area contributed by atoms with Crippen LogP contribution in [0, 0.1) is 0 Å². The first-order valence-corrected chi connectivity index (χ1v) is 6.71. The van der Waals surface area contributed by atoms with E-state index in [9.17, 15) is 13.2 Å². The van der Waals surface area contributed by atoms with E-state index in [0.29, 0.717) is 13.1 Å². The van der Waals surface area contributed by atoms with Crippen LogP contribution in [0.25, 0.3) is 0 Å². The van der Waals surface area contributed by atoms with Crippen LogP contribution in [0.3, 0.4) is 0 Å². The van der Waals surface area contributed by atoms with Gasteiger partial charge < -0.3 is 5.32 Å². The quantitative estimate of drug-likeness (QED) is 0.915. The van der Waals surface area contributed by atoms with E-state index in [1.807, 2.05) is 24.4 Å². The average molecular weight is 289 g/mol. The molecule has 2 aromatic heterocycles. The second kappa shape index (κ2) is 5.75. The maximum absolute atomic E-state index is 12.4. The van der Waals surface area contributed by atoms with Gasteiger partial charge in [-0.2, -0.15) is 18.3 Å². The molecule has 0 aliphatic rings. The minimum Gasteiger partial charge on any atom is -0.308 e. The summed E-state index contributed by atoms with van der Waals surface area (Å²) in [6.45, 7) is 3.00. The maximum atomic E-state index is 12.4. The standard InChI is InChI=1S/C12H14F3N3S/c1-9(11-3-2-6-19-11)16-4-5-18-8-10(7-17-18)12(13,14)15/h2-3,6-9,16H,4-5H2,1H3. The number of rotatable bonds is 5. The Morgan fingerprint density at radius 3 is 2.84 bits per heavy atom. The van der Waals surface area contributed by atoms with Gasteiger partial charge in [-0.25, -0.2) is 0 Å². The monoisotopic (exact) mass is 289 g/mol. The molecule has 104 valence electrons. The van der Waals surface area contributed by atoms with E-state index in [0.717, 1.165) is 12.4 Å². The topological polar surface area (TPSA) is 29.9 Å². The molecule has 2 aromatic rings. The fourth-order valence-corrected chi connectivity index (χ4v) is 2.42. The summed E-state index contributed by atoms with van der Waals surface area (Å²) in [5.41, 5.74) is -0.709. The van der Waals surface area contributed by atoms with E-state index >= 15 is 0 Å². The number of aromatic nitrogens is 2. The lowest BCUT2D eigenvalue weighted by atomic mass is 10.3. The van der Waals surface area contributed by atoms with E-state index in [4.69, 9.17) is 0 Å². The Morgan fingerprint density at radius 2 is 2.26 bits per heavy atom. The largest absolute Gasteiger partial charge is 0.419 e. The van der Waals surface area contributed by atoms with Gasteiger partial charge in [0.25, 0.3) is 0 Å². The van der Waals surface area contributed by atoms with Gasteiger partial charge in [0.15, 0.2) is 0 Å². The highest BCUT2D eigenvalue weighted by Crippen LogP contribution is 2.28. The molecule has 2 heterocycles. The van der Waals surface area contributed by atoms with Crippen LogP contribution in [0.2, 0.25) is 0 Å². The molecule has 0 spiro atoms. The number of nitrogens with zero attached hydrogens (tertiary/aromatic N) is 2. The molecule has 1 N–H and O–H groups in total. The van der Waals surface area contributed by atoms with Crippen molar-refractivity contribution in [3.8, 4) is 0 Å². The predicted octanol–water partition coefficient (Wildman–Crippen LogP) is 3.31. The predicted molar refractivity (Wildman–Crippen MR) is 68.0 cm³/mol. The zero-order valence-corrected chi connectivity index (χ0v) is 11.1. The molecule has 0 saturated carbocycles. The normalized spacial score (nSPS) is 13.7. The fourth-order valence-electron chi connectivity index (χ4n) is 1.67. The van der Waals surface area contributed by atoms with Crippen molar-refractivity contribution >= 4 is 11.3 Å². The zero-order valence-electron chi connectivity index (χ0n) is 10.3. The van der Waals surface area contributed by atoms with Crippen LogP contribution in [0.4, 0.5) is 13.2 Å². The first-order valence-electron chi connectivity index (χ1n) is 5.83. The van der Waals surface area contributed by atoms with Crippen molar-refractivity contribution in [2.75, 3.05) is 6.54 Å². The van der Waals surface area contributed by atoms with Gasteiger partial charge in [-0.3, -0.25) is 4.68 Å². The van der Waals surface area contributed by atoms with E-state index < -0.39 is 11.7 Å². The van der Waals surface area contributed by atoms with Crippen LogP contribution >= 0.6 is 11.3 Å². The van der Waals surface area contributed by atoms with Gasteiger partial charge in [-0.1, -0.05) is 6.07 Å². The van der Waals surface area contributed by atoms with Gasteiger partial charge in [0, 0.05) is 23.7 Å². The Bertz CT molecular complexity index is 505. The molecular weight excluding hydrogens is 275 g/mol. The van der Waals surface area contributed by atoms with Gasteiger partial charge in [0.05, 0.1) is 18.3 Å². The Balaban J connectivity index is 1.81. The molecule has 19 heavy (non-hydrogen) atoms. The molecule has 3 nitrogen and oxygen atoms in total. The van der Waals surface area contributed by atoms with Crippen LogP contribution in [0.1, 0.15) is 23.4 Å². The maximum Gasteiger partial charge on any atom is 0.419 e. The van der Waals surface area contributed by atoms with Crippen LogP contribution in [-0.4, -0.2) is 16.3 Å². The molecule has 0 saturated heterocycles. The molecule has 0 aliphatic heterocycles. The van der Waals surface area contributed by atoms with Crippen molar-refractivity contribution in [3.05, 3.63) is 40.3 Å². The van der Waals surface area contributed by atoms with Gasteiger partial charge >= 0.3 is 6.18 Å². The summed E-state index contributed by atoms with van der Waals surface area (Å²) >= 11 is 1.65. The van der Waals surface area contributed by atoms with Gasteiger partial charge in [0.2, 0.25) is 0 Å². The Hall–Kier alpha value is -1.34. The molecule has 0 bridgehead atoms. The summed E-state index contributed by atoms with van der Waals surface area (Å²) < 4.78 is 38.4. The number of hydrogen-bond donors (Lipinski definition) is 1. The highest BCUT2D eigenvalue weighted by molar-refractivity contribution is 7.10. The SMILES string of the molecule is CC(NCCn1cc(C(F)(F)F)cn1)c1cccs1. The van der Waals surface area contributed by atoms with Crippen LogP contribution < -0.4 is 5.32 Å². The lowest BCUT2D eigenvalue weighted by Gasteiger charge is -2.11. The Morgan fingerprint density at radius 1 is 1.47 bits per heavy atom. The molecule has 2 rings (SSSR count). The third-order valence-corrected chi connectivity index (χ3v) is 3.78. The number of alkyl halides is 3. The number of hydrogen-bond acceptors (Lipinski definition) is 3. The number of nitrogens with one attached hydrogen (secondary N) is 1. The van der Waals surface area contributed by atoms with Crippen molar-refractivity contribution < 1.29 is 13.2 Å². The molecule has 1 unspecified atom stereocenters. The molecule has 7 heteroatoms. The number of thiophene rings is 1. The van der Waals surface area contributed by atoms with E-state index in [2.05, 4.69) is 10.4 Å². The van der Waals surface area contributed by atoms with Gasteiger partial charge in [-0.05, 0) is 18.4 Å². The van der Waals surface area contributed by atoms with Crippen LogP contribution in [-0.2, 0) is 12.7 Å². The zero-order chi connectivity index (χ0) is 13.9. The highest BCUT2D eigenvalue weighted by Gasteiger charge is 2.32. The first-order chi connectivity index (χ1) is 8.97. The van der Waals surface area contributed by atoms with Gasteiger partial charge in [0.1, 0.15) is 0 Å². The van der Waals surface area contributed by atoms with Gasteiger partial charge in [-0.15, -0.1) is 11.3 Å². The highest BCUT2D eigenvalue weighted by atomic mass is 32.1. The summed E-state index contributed by atoms with van der Waals surface area (Å²) in [7, 11) is 0. The fraction of sp³-hybridized carbons (Fsp3) is 0.417.